The average molecular weight is 236 g/mol. The SMILES string of the molecule is N#Cc1cccnc1Oc1ccc2cn[nH]c2c1. The van der Waals surface area contributed by atoms with Gasteiger partial charge in [0.2, 0.25) is 5.88 Å². The Labute approximate surface area is 103 Å². The lowest BCUT2D eigenvalue weighted by Crippen LogP contribution is -1.91. The van der Waals surface area contributed by atoms with Crippen LogP contribution in [0.15, 0.2) is 42.7 Å². The van der Waals surface area contributed by atoms with E-state index in [1.54, 1.807) is 24.5 Å². The summed E-state index contributed by atoms with van der Waals surface area (Å²) in [4.78, 5) is 4.04. The second-order valence-electron chi connectivity index (χ2n) is 3.69. The first-order valence-corrected chi connectivity index (χ1v) is 5.33. The van der Waals surface area contributed by atoms with Crippen molar-refractivity contribution < 1.29 is 4.74 Å². The fourth-order valence-electron chi connectivity index (χ4n) is 1.65. The first kappa shape index (κ1) is 10.3. The van der Waals surface area contributed by atoms with Crippen LogP contribution in [0.25, 0.3) is 10.9 Å². The van der Waals surface area contributed by atoms with Crippen LogP contribution in [0.1, 0.15) is 5.56 Å². The van der Waals surface area contributed by atoms with E-state index in [1.165, 1.54) is 0 Å². The number of hydrogen-bond acceptors (Lipinski definition) is 4. The quantitative estimate of drug-likeness (QED) is 0.742. The molecule has 0 saturated heterocycles. The van der Waals surface area contributed by atoms with Crippen molar-refractivity contribution in [2.45, 2.75) is 0 Å². The van der Waals surface area contributed by atoms with Crippen molar-refractivity contribution in [3.63, 3.8) is 0 Å². The number of aromatic nitrogens is 3. The molecule has 3 rings (SSSR count). The Morgan fingerprint density at radius 2 is 2.22 bits per heavy atom. The van der Waals surface area contributed by atoms with Crippen LogP contribution in [0, 0.1) is 11.3 Å². The standard InChI is InChI=1S/C13H8N4O/c14-7-9-2-1-5-15-13(9)18-11-4-3-10-8-16-17-12(10)6-11/h1-6,8H,(H,16,17). The highest BCUT2D eigenvalue weighted by molar-refractivity contribution is 5.79. The summed E-state index contributed by atoms with van der Waals surface area (Å²) >= 11 is 0. The predicted molar refractivity (Wildman–Crippen MR) is 65.1 cm³/mol. The first-order chi connectivity index (χ1) is 8.86. The van der Waals surface area contributed by atoms with Gasteiger partial charge in [0.1, 0.15) is 17.4 Å². The van der Waals surface area contributed by atoms with E-state index in [9.17, 15) is 0 Å². The van der Waals surface area contributed by atoms with Gasteiger partial charge in [0.05, 0.1) is 11.7 Å². The van der Waals surface area contributed by atoms with Crippen LogP contribution in [0.3, 0.4) is 0 Å². The zero-order chi connectivity index (χ0) is 12.4. The zero-order valence-corrected chi connectivity index (χ0v) is 9.29. The number of ether oxygens (including phenoxy) is 1. The van der Waals surface area contributed by atoms with Crippen LogP contribution >= 0.6 is 0 Å². The number of fused-ring (bicyclic) bond motifs is 1. The van der Waals surface area contributed by atoms with Gasteiger partial charge in [-0.25, -0.2) is 4.98 Å². The number of benzene rings is 1. The molecule has 0 bridgehead atoms. The summed E-state index contributed by atoms with van der Waals surface area (Å²) in [5.41, 5.74) is 1.28. The van der Waals surface area contributed by atoms with Crippen molar-refractivity contribution >= 4 is 10.9 Å². The summed E-state index contributed by atoms with van der Waals surface area (Å²) in [6.07, 6.45) is 3.32. The van der Waals surface area contributed by atoms with E-state index in [2.05, 4.69) is 15.2 Å². The highest BCUT2D eigenvalue weighted by atomic mass is 16.5. The molecule has 1 aromatic carbocycles. The summed E-state index contributed by atoms with van der Waals surface area (Å²) in [7, 11) is 0. The molecular weight excluding hydrogens is 228 g/mol. The van der Waals surface area contributed by atoms with Crippen molar-refractivity contribution in [3.8, 4) is 17.7 Å². The van der Waals surface area contributed by atoms with Gasteiger partial charge in [-0.15, -0.1) is 0 Å². The van der Waals surface area contributed by atoms with E-state index in [-0.39, 0.29) is 0 Å². The van der Waals surface area contributed by atoms with Crippen LogP contribution in [-0.2, 0) is 0 Å². The smallest absolute Gasteiger partial charge is 0.237 e. The van der Waals surface area contributed by atoms with Crippen LogP contribution in [0.4, 0.5) is 0 Å². The zero-order valence-electron chi connectivity index (χ0n) is 9.29. The molecule has 2 aromatic heterocycles. The number of nitrogens with zero attached hydrogens (tertiary/aromatic N) is 3. The average Bonchev–Trinajstić information content (AvgIpc) is 2.87. The summed E-state index contributed by atoms with van der Waals surface area (Å²) in [5.74, 6) is 0.917. The molecule has 0 spiro atoms. The van der Waals surface area contributed by atoms with Crippen LogP contribution < -0.4 is 4.74 Å². The monoisotopic (exact) mass is 236 g/mol. The van der Waals surface area contributed by atoms with Crippen LogP contribution in [0.5, 0.6) is 11.6 Å². The Bertz CT molecular complexity index is 742. The number of hydrogen-bond donors (Lipinski definition) is 1. The summed E-state index contributed by atoms with van der Waals surface area (Å²) in [6.45, 7) is 0. The largest absolute Gasteiger partial charge is 0.438 e. The minimum absolute atomic E-state index is 0.305. The third kappa shape index (κ3) is 1.76. The number of nitriles is 1. The fourth-order valence-corrected chi connectivity index (χ4v) is 1.65. The Morgan fingerprint density at radius 1 is 1.28 bits per heavy atom. The number of nitrogens with one attached hydrogen (secondary N) is 1. The van der Waals surface area contributed by atoms with Crippen molar-refractivity contribution in [3.05, 3.63) is 48.3 Å². The molecular formula is C13H8N4O. The Kier molecular flexibility index (Phi) is 2.39. The predicted octanol–water partition coefficient (Wildman–Crippen LogP) is 2.62. The second kappa shape index (κ2) is 4.18. The maximum absolute atomic E-state index is 8.95. The summed E-state index contributed by atoms with van der Waals surface area (Å²) in [6, 6.07) is 10.9. The minimum atomic E-state index is 0.305. The van der Waals surface area contributed by atoms with E-state index in [0.717, 1.165) is 10.9 Å². The second-order valence-corrected chi connectivity index (χ2v) is 3.69. The lowest BCUT2D eigenvalue weighted by Gasteiger charge is -2.05. The molecule has 5 heteroatoms. The van der Waals surface area contributed by atoms with Gasteiger partial charge in [-0.05, 0) is 24.3 Å². The fraction of sp³-hybridized carbons (Fsp3) is 0. The number of pyridine rings is 1. The van der Waals surface area contributed by atoms with Gasteiger partial charge in [-0.3, -0.25) is 5.10 Å². The van der Waals surface area contributed by atoms with Gasteiger partial charge in [-0.2, -0.15) is 10.4 Å². The molecule has 0 aliphatic rings. The van der Waals surface area contributed by atoms with Gasteiger partial charge in [0.25, 0.3) is 0 Å². The lowest BCUT2D eigenvalue weighted by atomic mass is 10.2. The molecule has 2 heterocycles. The number of rotatable bonds is 2. The Hall–Kier alpha value is -2.87. The van der Waals surface area contributed by atoms with Crippen LogP contribution in [-0.4, -0.2) is 15.2 Å². The first-order valence-electron chi connectivity index (χ1n) is 5.33. The normalized spacial score (nSPS) is 10.2. The van der Waals surface area contributed by atoms with Gasteiger partial charge < -0.3 is 4.74 Å². The molecule has 86 valence electrons. The topological polar surface area (TPSA) is 74.6 Å². The van der Waals surface area contributed by atoms with E-state index >= 15 is 0 Å². The molecule has 0 amide bonds. The lowest BCUT2D eigenvalue weighted by molar-refractivity contribution is 0.462. The molecule has 0 aliphatic heterocycles. The molecule has 1 N–H and O–H groups in total. The molecule has 18 heavy (non-hydrogen) atoms. The molecule has 3 aromatic rings. The molecule has 0 saturated carbocycles. The summed E-state index contributed by atoms with van der Waals surface area (Å²) < 4.78 is 5.60. The molecule has 0 aliphatic carbocycles. The van der Waals surface area contributed by atoms with E-state index < -0.39 is 0 Å². The molecule has 5 nitrogen and oxygen atoms in total. The molecule has 0 unspecified atom stereocenters. The maximum Gasteiger partial charge on any atom is 0.237 e. The Balaban J connectivity index is 1.98. The van der Waals surface area contributed by atoms with Crippen molar-refractivity contribution in [2.75, 3.05) is 0 Å². The third-order valence-corrected chi connectivity index (χ3v) is 2.52. The van der Waals surface area contributed by atoms with Crippen molar-refractivity contribution in [1.29, 1.82) is 5.26 Å². The van der Waals surface area contributed by atoms with E-state index in [0.29, 0.717) is 17.2 Å². The van der Waals surface area contributed by atoms with Gasteiger partial charge in [0.15, 0.2) is 0 Å². The highest BCUT2D eigenvalue weighted by Gasteiger charge is 2.06. The number of aromatic amines is 1. The number of H-pyrrole nitrogens is 1. The van der Waals surface area contributed by atoms with Gasteiger partial charge >= 0.3 is 0 Å². The molecule has 0 atom stereocenters. The van der Waals surface area contributed by atoms with Gasteiger partial charge in [0, 0.05) is 17.6 Å². The van der Waals surface area contributed by atoms with Gasteiger partial charge in [-0.1, -0.05) is 0 Å². The third-order valence-electron chi connectivity index (χ3n) is 2.52. The molecule has 0 radical (unpaired) electrons. The van der Waals surface area contributed by atoms with E-state index in [1.807, 2.05) is 24.3 Å². The Morgan fingerprint density at radius 3 is 3.11 bits per heavy atom. The van der Waals surface area contributed by atoms with Crippen molar-refractivity contribution in [2.24, 2.45) is 0 Å². The van der Waals surface area contributed by atoms with E-state index in [4.69, 9.17) is 10.00 Å². The molecule has 0 fully saturated rings. The van der Waals surface area contributed by atoms with Crippen LogP contribution in [0.2, 0.25) is 0 Å². The van der Waals surface area contributed by atoms with Crippen molar-refractivity contribution in [1.82, 2.24) is 15.2 Å². The maximum atomic E-state index is 8.95. The summed E-state index contributed by atoms with van der Waals surface area (Å²) in [5, 5.41) is 16.7. The highest BCUT2D eigenvalue weighted by Crippen LogP contribution is 2.25. The minimum Gasteiger partial charge on any atom is -0.438 e.